The molecule has 3 rings (SSSR count). The lowest BCUT2D eigenvalue weighted by molar-refractivity contribution is 0.494. The van der Waals surface area contributed by atoms with Crippen molar-refractivity contribution in [2.75, 3.05) is 0 Å². The van der Waals surface area contributed by atoms with E-state index in [0.717, 1.165) is 4.32 Å². The van der Waals surface area contributed by atoms with E-state index in [2.05, 4.69) is 47.0 Å². The minimum atomic E-state index is 0.0696. The molecular formula is C15H14N2S2. The van der Waals surface area contributed by atoms with E-state index in [1.54, 1.807) is 11.8 Å². The fraction of sp³-hybridized carbons (Fsp3) is 0.133. The Morgan fingerprint density at radius 2 is 1.42 bits per heavy atom. The number of rotatable bonds is 2. The van der Waals surface area contributed by atoms with E-state index in [1.165, 1.54) is 11.1 Å². The molecule has 0 spiro atoms. The molecule has 1 aliphatic rings. The predicted molar refractivity (Wildman–Crippen MR) is 84.8 cm³/mol. The zero-order valence-corrected chi connectivity index (χ0v) is 11.9. The largest absolute Gasteiger partial charge is 0.352 e. The highest BCUT2D eigenvalue weighted by Gasteiger charge is 2.26. The van der Waals surface area contributed by atoms with Crippen molar-refractivity contribution < 1.29 is 0 Å². The maximum atomic E-state index is 5.37. The first-order valence-corrected chi connectivity index (χ1v) is 7.45. The Kier molecular flexibility index (Phi) is 3.82. The molecule has 0 radical (unpaired) electrons. The van der Waals surface area contributed by atoms with E-state index >= 15 is 0 Å². The highest BCUT2D eigenvalue weighted by molar-refractivity contribution is 8.23. The van der Waals surface area contributed by atoms with Gasteiger partial charge in [0.1, 0.15) is 10.5 Å². The second-order valence-corrected chi connectivity index (χ2v) is 6.13. The van der Waals surface area contributed by atoms with Crippen molar-refractivity contribution >= 4 is 28.3 Å². The Morgan fingerprint density at radius 3 is 2.05 bits per heavy atom. The van der Waals surface area contributed by atoms with Gasteiger partial charge in [-0.1, -0.05) is 84.6 Å². The van der Waals surface area contributed by atoms with Crippen LogP contribution in [0.1, 0.15) is 22.7 Å². The summed E-state index contributed by atoms with van der Waals surface area (Å²) in [7, 11) is 0. The number of thioether (sulfide) groups is 1. The summed E-state index contributed by atoms with van der Waals surface area (Å²) in [5.41, 5.74) is 2.45. The van der Waals surface area contributed by atoms with Gasteiger partial charge in [-0.25, -0.2) is 0 Å². The molecule has 1 fully saturated rings. The van der Waals surface area contributed by atoms with Gasteiger partial charge in [0.25, 0.3) is 0 Å². The summed E-state index contributed by atoms with van der Waals surface area (Å²) in [5, 5.41) is 7.09. The molecule has 2 N–H and O–H groups in total. The van der Waals surface area contributed by atoms with Gasteiger partial charge in [0.15, 0.2) is 0 Å². The van der Waals surface area contributed by atoms with Crippen molar-refractivity contribution in [1.82, 2.24) is 10.6 Å². The Labute approximate surface area is 122 Å². The highest BCUT2D eigenvalue weighted by Crippen LogP contribution is 2.33. The molecule has 1 aliphatic heterocycles. The summed E-state index contributed by atoms with van der Waals surface area (Å²) in [4.78, 5) is 0. The zero-order valence-electron chi connectivity index (χ0n) is 10.2. The van der Waals surface area contributed by atoms with Crippen molar-refractivity contribution in [3.63, 3.8) is 0 Å². The van der Waals surface area contributed by atoms with Crippen LogP contribution in [0.5, 0.6) is 0 Å². The lowest BCUT2D eigenvalue weighted by Crippen LogP contribution is -2.42. The minimum Gasteiger partial charge on any atom is -0.352 e. The Balaban J connectivity index is 1.84. The highest BCUT2D eigenvalue weighted by atomic mass is 32.2. The molecule has 0 aliphatic carbocycles. The molecule has 19 heavy (non-hydrogen) atoms. The molecule has 4 heteroatoms. The van der Waals surface area contributed by atoms with Crippen LogP contribution in [0.4, 0.5) is 0 Å². The normalized spacial score (nSPS) is 22.8. The smallest absolute Gasteiger partial charge is 0.137 e. The fourth-order valence-electron chi connectivity index (χ4n) is 2.10. The number of hydrogen-bond donors (Lipinski definition) is 2. The average molecular weight is 286 g/mol. The molecule has 0 saturated carbocycles. The Morgan fingerprint density at radius 1 is 0.842 bits per heavy atom. The predicted octanol–water partition coefficient (Wildman–Crippen LogP) is 3.59. The fourth-order valence-corrected chi connectivity index (χ4v) is 3.41. The lowest BCUT2D eigenvalue weighted by Gasteiger charge is -2.33. The van der Waals surface area contributed by atoms with Crippen LogP contribution in [-0.4, -0.2) is 4.32 Å². The maximum Gasteiger partial charge on any atom is 0.137 e. The molecule has 2 aromatic carbocycles. The third kappa shape index (κ3) is 2.97. The van der Waals surface area contributed by atoms with E-state index in [1.807, 2.05) is 24.3 Å². The minimum absolute atomic E-state index is 0.0696. The van der Waals surface area contributed by atoms with E-state index in [9.17, 15) is 0 Å². The Hall–Kier alpha value is -1.36. The monoisotopic (exact) mass is 286 g/mol. The molecule has 2 nitrogen and oxygen atoms in total. The number of hydrogen-bond acceptors (Lipinski definition) is 3. The van der Waals surface area contributed by atoms with Crippen LogP contribution in [-0.2, 0) is 0 Å². The second kappa shape index (κ2) is 5.74. The van der Waals surface area contributed by atoms with Crippen molar-refractivity contribution in [2.45, 2.75) is 11.5 Å². The molecule has 0 unspecified atom stereocenters. The van der Waals surface area contributed by atoms with Crippen molar-refractivity contribution in [3.05, 3.63) is 71.8 Å². The van der Waals surface area contributed by atoms with Gasteiger partial charge in [-0.15, -0.1) is 0 Å². The van der Waals surface area contributed by atoms with Crippen LogP contribution >= 0.6 is 24.0 Å². The van der Waals surface area contributed by atoms with Gasteiger partial charge in [0.05, 0.1) is 5.37 Å². The van der Waals surface area contributed by atoms with E-state index < -0.39 is 0 Å². The number of nitrogens with one attached hydrogen (secondary N) is 2. The van der Waals surface area contributed by atoms with Gasteiger partial charge in [-0.2, -0.15) is 0 Å². The average Bonchev–Trinajstić information content (AvgIpc) is 2.48. The topological polar surface area (TPSA) is 24.1 Å². The molecule has 1 saturated heterocycles. The first-order valence-electron chi connectivity index (χ1n) is 6.16. The van der Waals surface area contributed by atoms with Gasteiger partial charge in [-0.3, -0.25) is 5.32 Å². The SMILES string of the molecule is S=C1N[C@@H](c2ccccc2)N[C@@H](c2ccccc2)S1. The lowest BCUT2D eigenvalue weighted by atomic mass is 10.1. The summed E-state index contributed by atoms with van der Waals surface area (Å²) >= 11 is 7.02. The van der Waals surface area contributed by atoms with Gasteiger partial charge >= 0.3 is 0 Å². The molecule has 1 heterocycles. The van der Waals surface area contributed by atoms with Gasteiger partial charge < -0.3 is 5.32 Å². The summed E-state index contributed by atoms with van der Waals surface area (Å²) in [6.45, 7) is 0. The van der Waals surface area contributed by atoms with Crippen LogP contribution in [0.2, 0.25) is 0 Å². The van der Waals surface area contributed by atoms with Crippen LogP contribution in [0.15, 0.2) is 60.7 Å². The quantitative estimate of drug-likeness (QED) is 0.824. The van der Waals surface area contributed by atoms with Crippen LogP contribution in [0.25, 0.3) is 0 Å². The van der Waals surface area contributed by atoms with Crippen LogP contribution < -0.4 is 10.6 Å². The second-order valence-electron chi connectivity index (χ2n) is 4.35. The number of thiocarbonyl (C=S) groups is 1. The molecule has 0 amide bonds. The summed E-state index contributed by atoms with van der Waals surface area (Å²) in [6, 6.07) is 20.7. The standard InChI is InChI=1S/C15H14N2S2/c18-15-17-13(11-7-3-1-4-8-11)16-14(19-15)12-9-5-2-6-10-12/h1-10,13-14,16H,(H,17,18)/t13-,14+/m0/s1. The maximum absolute atomic E-state index is 5.37. The molecule has 0 aromatic heterocycles. The molecule has 2 atom stereocenters. The summed E-state index contributed by atoms with van der Waals surface area (Å²) < 4.78 is 0.835. The molecule has 96 valence electrons. The zero-order chi connectivity index (χ0) is 13.1. The molecule has 0 bridgehead atoms. The molecule has 2 aromatic rings. The molecular weight excluding hydrogens is 272 g/mol. The van der Waals surface area contributed by atoms with Gasteiger partial charge in [-0.05, 0) is 11.1 Å². The van der Waals surface area contributed by atoms with Crippen molar-refractivity contribution in [3.8, 4) is 0 Å². The van der Waals surface area contributed by atoms with E-state index in [-0.39, 0.29) is 11.5 Å². The van der Waals surface area contributed by atoms with Crippen LogP contribution in [0.3, 0.4) is 0 Å². The Bertz CT molecular complexity index is 507. The summed E-state index contributed by atoms with van der Waals surface area (Å²) in [6.07, 6.45) is 0.0696. The van der Waals surface area contributed by atoms with E-state index in [4.69, 9.17) is 12.2 Å². The first kappa shape index (κ1) is 12.7. The summed E-state index contributed by atoms with van der Waals surface area (Å²) in [5.74, 6) is 0. The van der Waals surface area contributed by atoms with Crippen molar-refractivity contribution in [1.29, 1.82) is 0 Å². The third-order valence-corrected chi connectivity index (χ3v) is 4.42. The van der Waals surface area contributed by atoms with Gasteiger partial charge in [0.2, 0.25) is 0 Å². The van der Waals surface area contributed by atoms with Gasteiger partial charge in [0, 0.05) is 0 Å². The third-order valence-electron chi connectivity index (χ3n) is 3.04. The van der Waals surface area contributed by atoms with Crippen LogP contribution in [0, 0.1) is 0 Å². The van der Waals surface area contributed by atoms with E-state index in [0.29, 0.717) is 0 Å². The number of benzene rings is 2. The first-order chi connectivity index (χ1) is 9.33. The van der Waals surface area contributed by atoms with Crippen molar-refractivity contribution in [2.24, 2.45) is 0 Å².